The lowest BCUT2D eigenvalue weighted by atomic mass is 10.1. The van der Waals surface area contributed by atoms with E-state index in [2.05, 4.69) is 56.6 Å². The van der Waals surface area contributed by atoms with E-state index in [0.29, 0.717) is 0 Å². The second-order valence-electron chi connectivity index (χ2n) is 13.1. The van der Waals surface area contributed by atoms with Crippen molar-refractivity contribution < 1.29 is 103 Å². The first-order valence-corrected chi connectivity index (χ1v) is 28.5. The van der Waals surface area contributed by atoms with E-state index in [1.54, 1.807) is 24.3 Å². The maximum absolute atomic E-state index is 12.2. The lowest BCUT2D eigenvalue weighted by molar-refractivity contribution is -0.0545. The highest BCUT2D eigenvalue weighted by Gasteiger charge is 2.50. The molecule has 0 atom stereocenters. The Morgan fingerprint density at radius 1 is 0.321 bits per heavy atom. The molecule has 0 saturated carbocycles. The van der Waals surface area contributed by atoms with Crippen LogP contribution in [0.2, 0.25) is 0 Å². The maximum atomic E-state index is 12.2. The number of alkyl halides is 6. The van der Waals surface area contributed by atoms with Crippen LogP contribution in [-0.4, -0.2) is 121 Å². The molecule has 414 valence electrons. The summed E-state index contributed by atoms with van der Waals surface area (Å²) in [6.07, 6.45) is 3.08. The summed E-state index contributed by atoms with van der Waals surface area (Å²) in [5.74, 6) is 0. The molecule has 0 fully saturated rings. The molecule has 0 aromatic heterocycles. The number of rotatable bonds is 18. The Bertz CT molecular complexity index is 3490. The van der Waals surface area contributed by atoms with Crippen LogP contribution < -0.4 is 0 Å². The Kier molecular flexibility index (Phi) is 23.5. The molecule has 0 aliphatic heterocycles. The van der Waals surface area contributed by atoms with Gasteiger partial charge in [-0.05, 0) is 0 Å². The van der Waals surface area contributed by atoms with E-state index in [1.807, 2.05) is 0 Å². The van der Waals surface area contributed by atoms with E-state index >= 15 is 0 Å². The lowest BCUT2D eigenvalue weighted by Gasteiger charge is -2.06. The van der Waals surface area contributed by atoms with Gasteiger partial charge in [0.2, 0.25) is 0 Å². The van der Waals surface area contributed by atoms with Gasteiger partial charge in [0.15, 0.2) is 34.3 Å². The fourth-order valence-corrected chi connectivity index (χ4v) is 5.22. The number of hydrogen-bond donors (Lipinski definition) is 0. The van der Waals surface area contributed by atoms with Crippen LogP contribution in [0.1, 0.15) is 33.4 Å². The van der Waals surface area contributed by atoms with E-state index in [0.717, 1.165) is 49.3 Å². The topological polar surface area (TPSA) is 477 Å². The highest BCUT2D eigenvalue weighted by atomic mass is 32.2. The van der Waals surface area contributed by atoms with Gasteiger partial charge < -0.3 is 0 Å². The van der Waals surface area contributed by atoms with E-state index in [9.17, 15) is 76.8 Å². The van der Waals surface area contributed by atoms with Crippen molar-refractivity contribution in [2.75, 3.05) is 25.0 Å². The third-order valence-electron chi connectivity index (χ3n) is 7.01. The average Bonchev–Trinajstić information content (AvgIpc) is 3.32. The summed E-state index contributed by atoms with van der Waals surface area (Å²) in [7, 11) is -27.7. The minimum Gasteiger partial charge on any atom is -0.267 e. The van der Waals surface area contributed by atoms with Crippen molar-refractivity contribution in [2.45, 2.75) is 11.0 Å². The van der Waals surface area contributed by atoms with Crippen molar-refractivity contribution in [3.63, 3.8) is 0 Å². The monoisotopic (exact) mass is 1220 g/mol. The number of benzene rings is 3. The first-order chi connectivity index (χ1) is 35.7. The van der Waals surface area contributed by atoms with Crippen LogP contribution in [0.15, 0.2) is 104 Å². The largest absolute Gasteiger partial charge is 0.536 e. The maximum Gasteiger partial charge on any atom is 0.536 e. The minimum absolute atomic E-state index is 0.214. The number of nitrogens with zero attached hydrogens (tertiary/aromatic N) is 12. The molecule has 0 radical (unpaired) electrons. The van der Waals surface area contributed by atoms with Gasteiger partial charge >= 0.3 is 71.7 Å². The molecule has 0 bridgehead atoms. The third-order valence-corrected chi connectivity index (χ3v) is 10.1. The molecule has 3 rings (SSSR count). The molecule has 0 amide bonds. The predicted octanol–water partition coefficient (Wildman–Crippen LogP) is 2.06. The van der Waals surface area contributed by atoms with Gasteiger partial charge in [-0.15, -0.1) is 0 Å². The van der Waals surface area contributed by atoms with Crippen LogP contribution in [0.5, 0.6) is 0 Å². The van der Waals surface area contributed by atoms with E-state index in [4.69, 9.17) is 31.6 Å². The SMILES string of the molecule is CS(=O)(=O)ON=C(C#N)c1ccc(C(C#N)=NOS(C)(=O)=O)cc1.CS(=O)(=O)ON=C(C#N)c1ccc(C(C#N)=NOS(C)(=O)=O)cc1.N#CC(=NOS(=O)(=O)C(F)(F)F)c1ccc(C(C#N)=NOS(=O)(=O)C(F)(F)F)cc1. The zero-order chi connectivity index (χ0) is 60.1. The molecule has 0 saturated heterocycles. The molecule has 3 aromatic carbocycles. The van der Waals surface area contributed by atoms with Gasteiger partial charge in [0, 0.05) is 33.4 Å². The molecule has 0 spiro atoms. The molecular formula is C36H24F6N12O18S6. The van der Waals surface area contributed by atoms with Crippen LogP contribution in [-0.2, 0) is 86.4 Å². The Hall–Kier alpha value is -9.30. The van der Waals surface area contributed by atoms with Gasteiger partial charge in [-0.25, -0.2) is 0 Å². The summed E-state index contributed by atoms with van der Waals surface area (Å²) in [4.78, 5) is 0. The lowest BCUT2D eigenvalue weighted by Crippen LogP contribution is -2.24. The second kappa shape index (κ2) is 27.5. The van der Waals surface area contributed by atoms with Crippen molar-refractivity contribution in [1.82, 2.24) is 0 Å². The molecule has 0 aliphatic rings. The van der Waals surface area contributed by atoms with Crippen molar-refractivity contribution in [3.05, 3.63) is 106 Å². The summed E-state index contributed by atoms with van der Waals surface area (Å²) in [5.41, 5.74) is -14.6. The van der Waals surface area contributed by atoms with Gasteiger partial charge in [-0.1, -0.05) is 104 Å². The van der Waals surface area contributed by atoms with Gasteiger partial charge in [-0.3, -0.25) is 25.7 Å². The van der Waals surface area contributed by atoms with Crippen LogP contribution in [0.25, 0.3) is 0 Å². The smallest absolute Gasteiger partial charge is 0.267 e. The number of halogens is 6. The molecular weight excluding hydrogens is 1190 g/mol. The molecule has 3 aromatic rings. The van der Waals surface area contributed by atoms with Crippen molar-refractivity contribution >= 4 is 95.0 Å². The van der Waals surface area contributed by atoms with E-state index in [-0.39, 0.29) is 56.2 Å². The summed E-state index contributed by atoms with van der Waals surface area (Å²) < 4.78 is 226. The fraction of sp³-hybridized carbons (Fsp3) is 0.167. The molecule has 0 N–H and O–H groups in total. The van der Waals surface area contributed by atoms with E-state index < -0.39 is 83.1 Å². The zero-order valence-electron chi connectivity index (χ0n) is 38.4. The Balaban J connectivity index is 0.000000590. The quantitative estimate of drug-likeness (QED) is 0.0761. The molecule has 42 heteroatoms. The second-order valence-corrected chi connectivity index (χ2v) is 22.4. The molecule has 30 nitrogen and oxygen atoms in total. The standard InChI is InChI=1S/C12H4F6N4O6S2.2C12H10N4O6S2/c13-11(14,15)29(23,24)27-21-9(5-19)7-1-2-8(4-3-7)10(6-20)22-28-30(25,26)12(16,17)18;2*1-23(17,18)21-15-11(7-13)9-3-5-10(6-4-9)12(8-14)16-22-24(2,19)20/h1-4H;2*3-6H,1-2H3. The summed E-state index contributed by atoms with van der Waals surface area (Å²) in [6.45, 7) is 0. The molecule has 0 heterocycles. The fourth-order valence-electron chi connectivity index (χ4n) is 3.86. The summed E-state index contributed by atoms with van der Waals surface area (Å²) >= 11 is 0. The molecule has 0 aliphatic carbocycles. The van der Waals surface area contributed by atoms with Crippen LogP contribution in [0.3, 0.4) is 0 Å². The van der Waals surface area contributed by atoms with E-state index in [1.165, 1.54) is 60.7 Å². The summed E-state index contributed by atoms with van der Waals surface area (Å²) in [6, 6.07) is 23.3. The zero-order valence-corrected chi connectivity index (χ0v) is 43.3. The minimum atomic E-state index is -6.14. The van der Waals surface area contributed by atoms with Crippen molar-refractivity contribution in [2.24, 2.45) is 30.9 Å². The average molecular weight is 1220 g/mol. The van der Waals surface area contributed by atoms with Gasteiger partial charge in [0.25, 0.3) is 0 Å². The van der Waals surface area contributed by atoms with Gasteiger partial charge in [0.1, 0.15) is 36.4 Å². The number of hydrogen-bond acceptors (Lipinski definition) is 30. The number of oxime groups is 6. The Morgan fingerprint density at radius 2 is 0.449 bits per heavy atom. The predicted molar refractivity (Wildman–Crippen MR) is 248 cm³/mol. The van der Waals surface area contributed by atoms with Crippen LogP contribution in [0, 0.1) is 68.0 Å². The van der Waals surface area contributed by atoms with Crippen LogP contribution >= 0.6 is 0 Å². The third kappa shape index (κ3) is 23.5. The Labute approximate surface area is 436 Å². The first kappa shape index (κ1) is 66.7. The number of nitriles is 6. The molecule has 0 unspecified atom stereocenters. The van der Waals surface area contributed by atoms with Crippen molar-refractivity contribution in [3.8, 4) is 36.4 Å². The highest BCUT2D eigenvalue weighted by molar-refractivity contribution is 7.88. The van der Waals surface area contributed by atoms with Gasteiger partial charge in [0.05, 0.1) is 25.0 Å². The van der Waals surface area contributed by atoms with Gasteiger partial charge in [-0.2, -0.15) is 108 Å². The molecule has 78 heavy (non-hydrogen) atoms. The first-order valence-electron chi connectivity index (χ1n) is 18.4. The summed E-state index contributed by atoms with van der Waals surface area (Å²) in [5, 5.41) is 71.5. The normalized spacial score (nSPS) is 13.2. The van der Waals surface area contributed by atoms with Crippen molar-refractivity contribution in [1.29, 1.82) is 31.6 Å². The Morgan fingerprint density at radius 3 is 0.551 bits per heavy atom. The van der Waals surface area contributed by atoms with Crippen LogP contribution in [0.4, 0.5) is 26.3 Å². The highest BCUT2D eigenvalue weighted by Crippen LogP contribution is 2.26.